The van der Waals surface area contributed by atoms with E-state index in [1.807, 2.05) is 0 Å². The lowest BCUT2D eigenvalue weighted by molar-refractivity contribution is -0.557. The van der Waals surface area contributed by atoms with Crippen LogP contribution in [0.25, 0.3) is 0 Å². The zero-order valence-corrected chi connectivity index (χ0v) is 29.3. The Labute approximate surface area is 281 Å². The van der Waals surface area contributed by atoms with Crippen molar-refractivity contribution in [3.8, 4) is 0 Å². The summed E-state index contributed by atoms with van der Waals surface area (Å²) in [4.78, 5) is 5.74. The van der Waals surface area contributed by atoms with Crippen LogP contribution in [0.1, 0.15) is 122 Å². The van der Waals surface area contributed by atoms with Crippen molar-refractivity contribution in [3.05, 3.63) is 45.2 Å². The maximum Gasteiger partial charge on any atom is 0.239 e. The van der Waals surface area contributed by atoms with Gasteiger partial charge >= 0.3 is 0 Å². The molecular weight excluding hydrogens is 587 g/mol. The summed E-state index contributed by atoms with van der Waals surface area (Å²) in [5.74, 6) is 4.11. The monoisotopic (exact) mass is 642 g/mol. The highest BCUT2D eigenvalue weighted by molar-refractivity contribution is 8.15. The lowest BCUT2D eigenvalue weighted by Crippen LogP contribution is -2.43. The van der Waals surface area contributed by atoms with Crippen molar-refractivity contribution in [2.45, 2.75) is 145 Å². The van der Waals surface area contributed by atoms with Crippen LogP contribution in [0.2, 0.25) is 0 Å². The summed E-state index contributed by atoms with van der Waals surface area (Å²) in [6.45, 7) is 5.11. The minimum atomic E-state index is 0.833. The van der Waals surface area contributed by atoms with Gasteiger partial charge < -0.3 is 9.80 Å². The van der Waals surface area contributed by atoms with Gasteiger partial charge in [-0.3, -0.25) is 0 Å². The van der Waals surface area contributed by atoms with E-state index in [0.717, 1.165) is 46.3 Å². The molecule has 0 aromatic heterocycles. The third-order valence-electron chi connectivity index (χ3n) is 14.4. The summed E-state index contributed by atoms with van der Waals surface area (Å²) >= 11 is 4.62. The summed E-state index contributed by atoms with van der Waals surface area (Å²) in [6.07, 6.45) is 32.7. The fourth-order valence-electron chi connectivity index (χ4n) is 12.2. The molecule has 5 aliphatic heterocycles. The molecule has 0 bridgehead atoms. The summed E-state index contributed by atoms with van der Waals surface area (Å²) in [5.41, 5.74) is 8.46. The lowest BCUT2D eigenvalue weighted by Gasteiger charge is -2.42. The van der Waals surface area contributed by atoms with Crippen LogP contribution < -0.4 is 0 Å². The van der Waals surface area contributed by atoms with E-state index in [4.69, 9.17) is 0 Å². The summed E-state index contributed by atoms with van der Waals surface area (Å²) in [5, 5.41) is 5.14. The summed E-state index contributed by atoms with van der Waals surface area (Å²) in [7, 11) is 0. The van der Waals surface area contributed by atoms with Gasteiger partial charge in [-0.2, -0.15) is 0 Å². The molecule has 2 saturated heterocycles. The van der Waals surface area contributed by atoms with Gasteiger partial charge in [0.2, 0.25) is 5.04 Å². The molecule has 10 rings (SSSR count). The number of fused-ring (bicyclic) bond motifs is 7. The van der Waals surface area contributed by atoms with Crippen molar-refractivity contribution in [1.82, 2.24) is 9.80 Å². The molecule has 0 N–H and O–H groups in total. The molecule has 0 spiro atoms. The van der Waals surface area contributed by atoms with Gasteiger partial charge in [0.1, 0.15) is 6.54 Å². The second-order valence-electron chi connectivity index (χ2n) is 16.8. The zero-order chi connectivity index (χ0) is 29.5. The maximum absolute atomic E-state index is 2.91. The molecular formula is C40H56N3S2+. The zero-order valence-electron chi connectivity index (χ0n) is 27.7. The molecule has 4 saturated carbocycles. The largest absolute Gasteiger partial charge is 0.371 e. The molecule has 0 aromatic rings. The van der Waals surface area contributed by atoms with Gasteiger partial charge in [0.25, 0.3) is 0 Å². The van der Waals surface area contributed by atoms with Crippen LogP contribution in [0.4, 0.5) is 0 Å². The van der Waals surface area contributed by atoms with Crippen LogP contribution in [0.3, 0.4) is 0 Å². The van der Waals surface area contributed by atoms with E-state index in [9.17, 15) is 0 Å². The standard InChI is InChI=1S/C40H56N3S2/c1-6-16-41(17-7-1)38-30(20-32-14-18-42-34-22-26-8-2-4-10-28(26)24-36(34)44-39(32)42)12-13-31(38)21-33-15-19-43-35-23-27-9-3-5-11-29(27)25-37(35)45-40(33)43/h20-21,26-29,34-37H,1-19,22-25H2/q+1. The number of likely N-dealkylation sites (tertiary alicyclic amines) is 1. The Morgan fingerprint density at radius 2 is 1.31 bits per heavy atom. The van der Waals surface area contributed by atoms with Gasteiger partial charge in [-0.1, -0.05) is 51.0 Å². The topological polar surface area (TPSA) is 9.49 Å². The van der Waals surface area contributed by atoms with Crippen LogP contribution in [-0.2, 0) is 0 Å². The van der Waals surface area contributed by atoms with Crippen LogP contribution in [-0.4, -0.2) is 68.2 Å². The highest BCUT2D eigenvalue weighted by atomic mass is 32.2. The van der Waals surface area contributed by atoms with Gasteiger partial charge in [0, 0.05) is 55.0 Å². The van der Waals surface area contributed by atoms with E-state index < -0.39 is 0 Å². The highest BCUT2D eigenvalue weighted by Crippen LogP contribution is 2.55. The Bertz CT molecular complexity index is 1380. The molecule has 10 aliphatic rings. The Morgan fingerprint density at radius 3 is 2.11 bits per heavy atom. The molecule has 242 valence electrons. The highest BCUT2D eigenvalue weighted by Gasteiger charge is 2.52. The number of thioether (sulfide) groups is 2. The fourth-order valence-corrected chi connectivity index (χ4v) is 15.7. The van der Waals surface area contributed by atoms with Crippen LogP contribution in [0, 0.1) is 23.7 Å². The smallest absolute Gasteiger partial charge is 0.239 e. The predicted molar refractivity (Wildman–Crippen MR) is 191 cm³/mol. The number of allylic oxidation sites excluding steroid dienone is 4. The minimum Gasteiger partial charge on any atom is -0.371 e. The van der Waals surface area contributed by atoms with E-state index >= 15 is 0 Å². The molecule has 8 atom stereocenters. The molecule has 8 unspecified atom stereocenters. The predicted octanol–water partition coefficient (Wildman–Crippen LogP) is 9.27. The first-order valence-corrected chi connectivity index (χ1v) is 21.4. The quantitative estimate of drug-likeness (QED) is 0.284. The van der Waals surface area contributed by atoms with E-state index in [1.54, 1.807) is 38.1 Å². The normalized spacial score (nSPS) is 42.8. The van der Waals surface area contributed by atoms with E-state index in [0.29, 0.717) is 0 Å². The Balaban J connectivity index is 0.948. The average Bonchev–Trinajstić information content (AvgIpc) is 3.89. The Hall–Kier alpha value is -1.07. The van der Waals surface area contributed by atoms with Crippen molar-refractivity contribution < 1.29 is 4.58 Å². The number of piperidine rings is 1. The summed E-state index contributed by atoms with van der Waals surface area (Å²) in [6, 6.07) is 1.67. The van der Waals surface area contributed by atoms with Crippen molar-refractivity contribution in [2.24, 2.45) is 23.7 Å². The first kappa shape index (κ1) is 28.9. The van der Waals surface area contributed by atoms with Gasteiger partial charge in [0.15, 0.2) is 6.04 Å². The maximum atomic E-state index is 2.91. The van der Waals surface area contributed by atoms with Gasteiger partial charge in [-0.05, 0) is 122 Å². The SMILES string of the molecule is C(/C1=C2SC3CC4CCCCC4CC3N2CC1)=C1/CCC(/C=C2\CC[N+]3=C2SC2CC4CCCCC4CC23)=C1N1CCCCC1. The van der Waals surface area contributed by atoms with E-state index in [2.05, 4.69) is 50.1 Å². The van der Waals surface area contributed by atoms with Crippen LogP contribution in [0.5, 0.6) is 0 Å². The number of nitrogens with zero attached hydrogens (tertiary/aromatic N) is 3. The molecule has 5 aliphatic carbocycles. The number of hydrogen-bond acceptors (Lipinski definition) is 4. The molecule has 5 heteroatoms. The first-order valence-electron chi connectivity index (χ1n) is 19.6. The van der Waals surface area contributed by atoms with Crippen LogP contribution >= 0.6 is 23.5 Å². The van der Waals surface area contributed by atoms with E-state index in [-0.39, 0.29) is 0 Å². The third kappa shape index (κ3) is 5.00. The number of rotatable bonds is 3. The van der Waals surface area contributed by atoms with Gasteiger partial charge in [-0.15, -0.1) is 11.8 Å². The Kier molecular flexibility index (Phi) is 7.59. The molecule has 0 amide bonds. The third-order valence-corrected chi connectivity index (χ3v) is 17.5. The fraction of sp³-hybridized carbons (Fsp3) is 0.775. The minimum absolute atomic E-state index is 0.833. The lowest BCUT2D eigenvalue weighted by atomic mass is 9.69. The van der Waals surface area contributed by atoms with Crippen molar-refractivity contribution in [1.29, 1.82) is 0 Å². The van der Waals surface area contributed by atoms with Crippen molar-refractivity contribution in [3.63, 3.8) is 0 Å². The van der Waals surface area contributed by atoms with E-state index in [1.165, 1.54) is 148 Å². The molecule has 0 aromatic carbocycles. The van der Waals surface area contributed by atoms with Gasteiger partial charge in [-0.25, -0.2) is 4.58 Å². The summed E-state index contributed by atoms with van der Waals surface area (Å²) < 4.78 is 2.91. The van der Waals surface area contributed by atoms with Crippen LogP contribution in [0.15, 0.2) is 45.2 Å². The second kappa shape index (κ2) is 11.8. The average molecular weight is 643 g/mol. The van der Waals surface area contributed by atoms with Gasteiger partial charge in [0.05, 0.1) is 10.3 Å². The molecule has 5 heterocycles. The molecule has 3 nitrogen and oxygen atoms in total. The number of hydrogen-bond donors (Lipinski definition) is 0. The first-order chi connectivity index (χ1) is 22.3. The van der Waals surface area contributed by atoms with Crippen molar-refractivity contribution in [2.75, 3.05) is 26.2 Å². The molecule has 6 fully saturated rings. The van der Waals surface area contributed by atoms with Crippen molar-refractivity contribution >= 4 is 28.6 Å². The Morgan fingerprint density at radius 1 is 0.600 bits per heavy atom. The molecule has 0 radical (unpaired) electrons. The molecule has 45 heavy (non-hydrogen) atoms. The second-order valence-corrected chi connectivity index (χ2v) is 19.2.